The Morgan fingerprint density at radius 3 is 2.05 bits per heavy atom. The van der Waals surface area contributed by atoms with Gasteiger partial charge in [0.2, 0.25) is 0 Å². The Morgan fingerprint density at radius 2 is 1.46 bits per heavy atom. The minimum atomic E-state index is -0.716. The third-order valence-corrected chi connectivity index (χ3v) is 7.65. The summed E-state index contributed by atoms with van der Waals surface area (Å²) in [4.78, 5) is 52.5. The number of carbonyl (C=O) groups excluding carboxylic acids is 4. The summed E-state index contributed by atoms with van der Waals surface area (Å²) in [5.41, 5.74) is 1.18. The number of rotatable bonds is 4. The number of hydrogen-bond donors (Lipinski definition) is 0. The standard InChI is InChI=1S/C30H25BO8/c1-4-30-14-21-23(22(15-30)38-31(39-30)18-10-6-5-7-11-18)29(37-17(3)33)25-24(28(21)36-16(2)32)26(34)19-12-8-9-13-20(19)27(25)35/h5-13,22H,4,14-15H2,1-3H3/t22-,30-/m0/s1. The molecule has 2 aliphatic carbocycles. The van der Waals surface area contributed by atoms with Gasteiger partial charge in [0.05, 0.1) is 22.8 Å². The van der Waals surface area contributed by atoms with E-state index >= 15 is 0 Å². The molecule has 0 unspecified atom stereocenters. The van der Waals surface area contributed by atoms with Crippen LogP contribution in [-0.4, -0.2) is 36.2 Å². The van der Waals surface area contributed by atoms with E-state index in [0.717, 1.165) is 5.46 Å². The van der Waals surface area contributed by atoms with E-state index in [1.807, 2.05) is 37.3 Å². The van der Waals surface area contributed by atoms with Crippen LogP contribution in [0.5, 0.6) is 11.5 Å². The fourth-order valence-electron chi connectivity index (χ4n) is 5.93. The van der Waals surface area contributed by atoms with Crippen molar-refractivity contribution >= 4 is 36.1 Å². The van der Waals surface area contributed by atoms with Crippen LogP contribution in [-0.2, 0) is 25.3 Å². The molecule has 8 nitrogen and oxygen atoms in total. The van der Waals surface area contributed by atoms with E-state index in [-0.39, 0.29) is 40.2 Å². The minimum Gasteiger partial charge on any atom is -0.426 e. The van der Waals surface area contributed by atoms with Crippen LogP contribution in [0.1, 0.15) is 82.7 Å². The van der Waals surface area contributed by atoms with Crippen LogP contribution in [0, 0.1) is 0 Å². The van der Waals surface area contributed by atoms with Gasteiger partial charge in [0, 0.05) is 48.9 Å². The van der Waals surface area contributed by atoms with Crippen LogP contribution in [0.4, 0.5) is 0 Å². The average molecular weight is 524 g/mol. The largest absolute Gasteiger partial charge is 0.494 e. The van der Waals surface area contributed by atoms with E-state index in [2.05, 4.69) is 0 Å². The number of ether oxygens (including phenoxy) is 2. The maximum atomic E-state index is 13.9. The van der Waals surface area contributed by atoms with Crippen molar-refractivity contribution in [2.75, 3.05) is 0 Å². The zero-order valence-corrected chi connectivity index (χ0v) is 21.7. The first kappa shape index (κ1) is 25.2. The highest BCUT2D eigenvalue weighted by atomic mass is 16.6. The fourth-order valence-corrected chi connectivity index (χ4v) is 5.93. The summed E-state index contributed by atoms with van der Waals surface area (Å²) >= 11 is 0. The van der Waals surface area contributed by atoms with E-state index in [1.165, 1.54) is 13.8 Å². The third-order valence-electron chi connectivity index (χ3n) is 7.65. The monoisotopic (exact) mass is 524 g/mol. The first-order chi connectivity index (χ1) is 18.7. The lowest BCUT2D eigenvalue weighted by atomic mass is 9.67. The number of carbonyl (C=O) groups is 4. The molecule has 1 fully saturated rings. The maximum Gasteiger partial charge on any atom is 0.494 e. The average Bonchev–Trinajstić information content (AvgIpc) is 2.92. The molecule has 3 aliphatic rings. The molecule has 1 heterocycles. The lowest BCUT2D eigenvalue weighted by Gasteiger charge is -2.49. The van der Waals surface area contributed by atoms with E-state index in [9.17, 15) is 19.2 Å². The molecule has 196 valence electrons. The highest BCUT2D eigenvalue weighted by Crippen LogP contribution is 2.55. The molecule has 2 bridgehead atoms. The van der Waals surface area contributed by atoms with Crippen molar-refractivity contribution in [3.63, 3.8) is 0 Å². The minimum absolute atomic E-state index is 0.0101. The molecule has 0 aromatic heterocycles. The molecule has 3 aromatic rings. The molecular formula is C30H25BO8. The topological polar surface area (TPSA) is 105 Å². The maximum absolute atomic E-state index is 13.9. The van der Waals surface area contributed by atoms with Gasteiger partial charge < -0.3 is 18.8 Å². The first-order valence-corrected chi connectivity index (χ1v) is 12.9. The quantitative estimate of drug-likeness (QED) is 0.225. The van der Waals surface area contributed by atoms with E-state index in [4.69, 9.17) is 18.8 Å². The Bertz CT molecular complexity index is 1560. The van der Waals surface area contributed by atoms with Crippen LogP contribution < -0.4 is 14.9 Å². The Labute approximate surface area is 225 Å². The lowest BCUT2D eigenvalue weighted by molar-refractivity contribution is -0.133. The van der Waals surface area contributed by atoms with Crippen LogP contribution >= 0.6 is 0 Å². The van der Waals surface area contributed by atoms with Gasteiger partial charge in [-0.1, -0.05) is 61.5 Å². The Kier molecular flexibility index (Phi) is 6.01. The number of fused-ring (bicyclic) bond motifs is 6. The third kappa shape index (κ3) is 4.00. The van der Waals surface area contributed by atoms with Gasteiger partial charge >= 0.3 is 19.1 Å². The fraction of sp³-hybridized carbons (Fsp3) is 0.267. The molecule has 6 rings (SSSR count). The van der Waals surface area contributed by atoms with Crippen molar-refractivity contribution in [3.05, 3.63) is 88.0 Å². The van der Waals surface area contributed by atoms with E-state index < -0.39 is 42.3 Å². The van der Waals surface area contributed by atoms with Gasteiger partial charge in [-0.25, -0.2) is 0 Å². The van der Waals surface area contributed by atoms with Crippen LogP contribution in [0.2, 0.25) is 0 Å². The summed E-state index contributed by atoms with van der Waals surface area (Å²) in [6.07, 6.45) is 0.618. The zero-order chi connectivity index (χ0) is 27.5. The summed E-state index contributed by atoms with van der Waals surface area (Å²) in [7, 11) is -0.713. The van der Waals surface area contributed by atoms with Gasteiger partial charge in [0.1, 0.15) is 11.5 Å². The Morgan fingerprint density at radius 1 is 0.897 bits per heavy atom. The molecule has 1 saturated heterocycles. The van der Waals surface area contributed by atoms with E-state index in [0.29, 0.717) is 24.0 Å². The summed E-state index contributed by atoms with van der Waals surface area (Å²) in [5, 5.41) is 0. The molecule has 0 saturated carbocycles. The highest BCUT2D eigenvalue weighted by molar-refractivity contribution is 6.61. The van der Waals surface area contributed by atoms with E-state index in [1.54, 1.807) is 24.3 Å². The molecule has 0 N–H and O–H groups in total. The molecule has 0 spiro atoms. The molecule has 39 heavy (non-hydrogen) atoms. The van der Waals surface area contributed by atoms with Crippen LogP contribution in [0.25, 0.3) is 0 Å². The predicted molar refractivity (Wildman–Crippen MR) is 140 cm³/mol. The van der Waals surface area contributed by atoms with Gasteiger partial charge in [-0.15, -0.1) is 0 Å². The number of ketones is 2. The zero-order valence-electron chi connectivity index (χ0n) is 21.7. The Hall–Kier alpha value is -4.08. The van der Waals surface area contributed by atoms with Crippen molar-refractivity contribution in [3.8, 4) is 11.5 Å². The van der Waals surface area contributed by atoms with Gasteiger partial charge in [0.15, 0.2) is 11.6 Å². The molecule has 0 radical (unpaired) electrons. The SMILES string of the molecule is CC[C@]12Cc3c(OC(C)=O)c4c(c(OC(C)=O)c3[C@H](C1)OB(c1ccccc1)O2)C(=O)c1ccccc1C4=O. The molecule has 1 aliphatic heterocycles. The van der Waals surface area contributed by atoms with Gasteiger partial charge in [-0.3, -0.25) is 19.2 Å². The van der Waals surface area contributed by atoms with Crippen LogP contribution in [0.3, 0.4) is 0 Å². The molecule has 3 aromatic carbocycles. The van der Waals surface area contributed by atoms with Crippen LogP contribution in [0.15, 0.2) is 54.6 Å². The van der Waals surface area contributed by atoms with Gasteiger partial charge in [-0.05, 0) is 11.9 Å². The number of esters is 2. The van der Waals surface area contributed by atoms with Crippen molar-refractivity contribution < 1.29 is 38.0 Å². The molecule has 9 heteroatoms. The van der Waals surface area contributed by atoms with Crippen molar-refractivity contribution in [1.29, 1.82) is 0 Å². The predicted octanol–water partition coefficient (Wildman–Crippen LogP) is 3.89. The molecular weight excluding hydrogens is 499 g/mol. The summed E-state index contributed by atoms with van der Waals surface area (Å²) < 4.78 is 24.4. The van der Waals surface area contributed by atoms with Crippen molar-refractivity contribution in [2.45, 2.75) is 51.7 Å². The second-order valence-electron chi connectivity index (χ2n) is 10.1. The number of hydrogen-bond acceptors (Lipinski definition) is 8. The lowest BCUT2D eigenvalue weighted by Crippen LogP contribution is -2.55. The van der Waals surface area contributed by atoms with Gasteiger partial charge in [-0.2, -0.15) is 0 Å². The summed E-state index contributed by atoms with van der Waals surface area (Å²) in [6.45, 7) is 4.47. The van der Waals surface area contributed by atoms with Gasteiger partial charge in [0.25, 0.3) is 0 Å². The summed E-state index contributed by atoms with van der Waals surface area (Å²) in [6, 6.07) is 15.9. The second kappa shape index (κ2) is 9.29. The first-order valence-electron chi connectivity index (χ1n) is 12.9. The number of benzene rings is 3. The molecule has 2 atom stereocenters. The highest BCUT2D eigenvalue weighted by Gasteiger charge is 2.53. The Balaban J connectivity index is 1.65. The smallest absolute Gasteiger partial charge is 0.426 e. The normalized spacial score (nSPS) is 21.0. The van der Waals surface area contributed by atoms with Crippen molar-refractivity contribution in [1.82, 2.24) is 0 Å². The molecule has 0 amide bonds. The summed E-state index contributed by atoms with van der Waals surface area (Å²) in [5.74, 6) is -2.32. The van der Waals surface area contributed by atoms with Crippen molar-refractivity contribution in [2.24, 2.45) is 0 Å². The second-order valence-corrected chi connectivity index (χ2v) is 10.1.